The summed E-state index contributed by atoms with van der Waals surface area (Å²) in [6, 6.07) is 1.10. The van der Waals surface area contributed by atoms with Crippen molar-refractivity contribution in [3.05, 3.63) is 18.5 Å². The van der Waals surface area contributed by atoms with E-state index in [1.807, 2.05) is 6.92 Å². The number of aliphatic hydroxyl groups excluding tert-OH is 1. The van der Waals surface area contributed by atoms with Crippen molar-refractivity contribution in [2.24, 2.45) is 7.05 Å². The molecule has 86 valence electrons. The first-order chi connectivity index (χ1) is 6.99. The Hall–Kier alpha value is -0.850. The summed E-state index contributed by atoms with van der Waals surface area (Å²) in [5.41, 5.74) is 0. The third-order valence-electron chi connectivity index (χ3n) is 2.15. The number of aromatic nitrogens is 1. The first-order valence-electron chi connectivity index (χ1n) is 4.74. The molecule has 0 spiro atoms. The molecule has 0 aliphatic carbocycles. The normalized spacial score (nSPS) is 14.1. The summed E-state index contributed by atoms with van der Waals surface area (Å²) in [5, 5.41) is 8.91. The Morgan fingerprint density at radius 1 is 1.60 bits per heavy atom. The molecule has 0 bridgehead atoms. The van der Waals surface area contributed by atoms with Crippen molar-refractivity contribution in [3.8, 4) is 0 Å². The maximum atomic E-state index is 11.7. The number of nitrogens with one attached hydrogen (secondary N) is 1. The van der Waals surface area contributed by atoms with Crippen molar-refractivity contribution in [2.45, 2.75) is 24.3 Å². The van der Waals surface area contributed by atoms with Crippen LogP contribution in [-0.4, -0.2) is 30.7 Å². The monoisotopic (exact) mass is 232 g/mol. The minimum atomic E-state index is -3.49. The maximum absolute atomic E-state index is 11.7. The fourth-order valence-corrected chi connectivity index (χ4v) is 2.54. The van der Waals surface area contributed by atoms with Crippen molar-refractivity contribution in [3.63, 3.8) is 0 Å². The summed E-state index contributed by atoms with van der Waals surface area (Å²) in [6.45, 7) is 1.62. The number of hydrogen-bond donors (Lipinski definition) is 2. The van der Waals surface area contributed by atoms with Gasteiger partial charge in [0.05, 0.1) is 11.5 Å². The van der Waals surface area contributed by atoms with E-state index < -0.39 is 16.1 Å². The van der Waals surface area contributed by atoms with Crippen LogP contribution in [-0.2, 0) is 17.1 Å². The summed E-state index contributed by atoms with van der Waals surface area (Å²) in [6.07, 6.45) is 3.74. The van der Waals surface area contributed by atoms with Crippen LogP contribution < -0.4 is 4.72 Å². The Labute approximate surface area is 89.8 Å². The van der Waals surface area contributed by atoms with Crippen LogP contribution >= 0.6 is 0 Å². The number of nitrogens with zero attached hydrogens (tertiary/aromatic N) is 1. The third kappa shape index (κ3) is 3.05. The van der Waals surface area contributed by atoms with E-state index >= 15 is 0 Å². The lowest BCUT2D eigenvalue weighted by Crippen LogP contribution is -2.36. The molecule has 0 aromatic carbocycles. The minimum absolute atomic E-state index is 0.192. The molecule has 2 N–H and O–H groups in total. The number of hydrogen-bond acceptors (Lipinski definition) is 3. The van der Waals surface area contributed by atoms with Crippen LogP contribution in [0.3, 0.4) is 0 Å². The Balaban J connectivity index is 2.84. The lowest BCUT2D eigenvalue weighted by Gasteiger charge is -2.13. The van der Waals surface area contributed by atoms with E-state index in [4.69, 9.17) is 5.11 Å². The topological polar surface area (TPSA) is 71.3 Å². The van der Waals surface area contributed by atoms with E-state index in [-0.39, 0.29) is 11.5 Å². The molecule has 0 fully saturated rings. The highest BCUT2D eigenvalue weighted by atomic mass is 32.2. The summed E-state index contributed by atoms with van der Waals surface area (Å²) < 4.78 is 27.6. The summed E-state index contributed by atoms with van der Waals surface area (Å²) in [7, 11) is -1.74. The zero-order chi connectivity index (χ0) is 11.5. The molecule has 1 atom stereocenters. The van der Waals surface area contributed by atoms with E-state index in [2.05, 4.69) is 4.72 Å². The van der Waals surface area contributed by atoms with Crippen molar-refractivity contribution in [2.75, 3.05) is 6.61 Å². The van der Waals surface area contributed by atoms with Crippen molar-refractivity contribution in [1.82, 2.24) is 9.29 Å². The fraction of sp³-hybridized carbons (Fsp3) is 0.556. The first kappa shape index (κ1) is 12.2. The predicted octanol–water partition coefficient (Wildman–Crippen LogP) is 0.0743. The lowest BCUT2D eigenvalue weighted by molar-refractivity contribution is 0.254. The van der Waals surface area contributed by atoms with E-state index in [0.29, 0.717) is 6.42 Å². The van der Waals surface area contributed by atoms with Crippen LogP contribution in [0.1, 0.15) is 13.3 Å². The van der Waals surface area contributed by atoms with Crippen molar-refractivity contribution < 1.29 is 13.5 Å². The number of aryl methyl sites for hydroxylation is 1. The molecule has 0 amide bonds. The van der Waals surface area contributed by atoms with Crippen LogP contribution in [0.5, 0.6) is 0 Å². The zero-order valence-corrected chi connectivity index (χ0v) is 9.66. The number of rotatable bonds is 5. The molecule has 1 aromatic heterocycles. The predicted molar refractivity (Wildman–Crippen MR) is 56.9 cm³/mol. The quantitative estimate of drug-likeness (QED) is 0.755. The number of aliphatic hydroxyl groups is 1. The van der Waals surface area contributed by atoms with Gasteiger partial charge in [-0.05, 0) is 12.5 Å². The van der Waals surface area contributed by atoms with Gasteiger partial charge in [-0.25, -0.2) is 13.1 Å². The summed E-state index contributed by atoms with van der Waals surface area (Å²) in [5.74, 6) is 0. The van der Waals surface area contributed by atoms with Crippen LogP contribution in [0, 0.1) is 0 Å². The van der Waals surface area contributed by atoms with E-state index in [1.54, 1.807) is 17.8 Å². The van der Waals surface area contributed by atoms with Crippen LogP contribution in [0.4, 0.5) is 0 Å². The third-order valence-corrected chi connectivity index (χ3v) is 3.66. The Kier molecular flexibility index (Phi) is 3.90. The van der Waals surface area contributed by atoms with Gasteiger partial charge in [-0.15, -0.1) is 0 Å². The molecule has 1 heterocycles. The van der Waals surface area contributed by atoms with Crippen LogP contribution in [0.25, 0.3) is 0 Å². The van der Waals surface area contributed by atoms with E-state index in [9.17, 15) is 8.42 Å². The average Bonchev–Trinajstić information content (AvgIpc) is 2.62. The lowest BCUT2D eigenvalue weighted by atomic mass is 10.3. The Morgan fingerprint density at radius 3 is 2.67 bits per heavy atom. The fourth-order valence-electron chi connectivity index (χ4n) is 1.17. The van der Waals surface area contributed by atoms with Gasteiger partial charge >= 0.3 is 0 Å². The molecule has 15 heavy (non-hydrogen) atoms. The summed E-state index contributed by atoms with van der Waals surface area (Å²) in [4.78, 5) is 0.219. The number of sulfonamides is 1. The smallest absolute Gasteiger partial charge is 0.242 e. The summed E-state index contributed by atoms with van der Waals surface area (Å²) >= 11 is 0. The second-order valence-electron chi connectivity index (χ2n) is 3.42. The van der Waals surface area contributed by atoms with Gasteiger partial charge in [0.1, 0.15) is 0 Å². The average molecular weight is 232 g/mol. The molecule has 0 aliphatic heterocycles. The van der Waals surface area contributed by atoms with Gasteiger partial charge in [-0.1, -0.05) is 6.92 Å². The maximum Gasteiger partial charge on any atom is 0.242 e. The van der Waals surface area contributed by atoms with Gasteiger partial charge < -0.3 is 9.67 Å². The molecule has 0 aliphatic rings. The standard InChI is InChI=1S/C9H16N2O3S/c1-3-8(7-12)10-15(13,14)9-4-5-11(2)6-9/h4-6,8,10,12H,3,7H2,1-2H3/t8-/m1/s1. The van der Waals surface area contributed by atoms with Gasteiger partial charge in [-0.2, -0.15) is 0 Å². The van der Waals surface area contributed by atoms with Crippen LogP contribution in [0.15, 0.2) is 23.4 Å². The van der Waals surface area contributed by atoms with E-state index in [0.717, 1.165) is 0 Å². The second-order valence-corrected chi connectivity index (χ2v) is 5.14. The highest BCUT2D eigenvalue weighted by molar-refractivity contribution is 7.89. The molecule has 6 heteroatoms. The second kappa shape index (κ2) is 4.78. The molecule has 0 radical (unpaired) electrons. The Bertz CT molecular complexity index is 407. The van der Waals surface area contributed by atoms with Gasteiger partial charge in [0, 0.05) is 25.5 Å². The molecule has 5 nitrogen and oxygen atoms in total. The van der Waals surface area contributed by atoms with E-state index in [1.165, 1.54) is 12.3 Å². The Morgan fingerprint density at radius 2 is 2.27 bits per heavy atom. The highest BCUT2D eigenvalue weighted by Crippen LogP contribution is 2.09. The van der Waals surface area contributed by atoms with Gasteiger partial charge in [0.25, 0.3) is 0 Å². The SMILES string of the molecule is CC[C@H](CO)NS(=O)(=O)c1ccn(C)c1. The van der Waals surface area contributed by atoms with Gasteiger partial charge in [0.15, 0.2) is 0 Å². The molecule has 0 saturated carbocycles. The van der Waals surface area contributed by atoms with Crippen molar-refractivity contribution in [1.29, 1.82) is 0 Å². The molecular formula is C9H16N2O3S. The molecular weight excluding hydrogens is 216 g/mol. The van der Waals surface area contributed by atoms with Crippen molar-refractivity contribution >= 4 is 10.0 Å². The molecule has 1 rings (SSSR count). The first-order valence-corrected chi connectivity index (χ1v) is 6.23. The van der Waals surface area contributed by atoms with Crippen LogP contribution in [0.2, 0.25) is 0 Å². The highest BCUT2D eigenvalue weighted by Gasteiger charge is 2.18. The molecule has 0 unspecified atom stereocenters. The zero-order valence-electron chi connectivity index (χ0n) is 8.84. The largest absolute Gasteiger partial charge is 0.395 e. The molecule has 0 saturated heterocycles. The molecule has 1 aromatic rings. The van der Waals surface area contributed by atoms with Gasteiger partial charge in [0.2, 0.25) is 10.0 Å². The van der Waals surface area contributed by atoms with Gasteiger partial charge in [-0.3, -0.25) is 0 Å². The minimum Gasteiger partial charge on any atom is -0.395 e.